The minimum atomic E-state index is -4.01. The van der Waals surface area contributed by atoms with Gasteiger partial charge < -0.3 is 9.47 Å². The van der Waals surface area contributed by atoms with E-state index in [9.17, 15) is 13.2 Å². The second-order valence-corrected chi connectivity index (χ2v) is 7.74. The second-order valence-electron chi connectivity index (χ2n) is 6.06. The molecule has 0 unspecified atom stereocenters. The number of anilines is 1. The smallest absolute Gasteiger partial charge is 0.296 e. The van der Waals surface area contributed by atoms with E-state index in [1.54, 1.807) is 42.9 Å². The zero-order valence-electron chi connectivity index (χ0n) is 16.0. The first-order valence-corrected chi connectivity index (χ1v) is 9.87. The molecule has 0 bridgehead atoms. The Morgan fingerprint density at radius 1 is 0.964 bits per heavy atom. The van der Waals surface area contributed by atoms with Crippen molar-refractivity contribution in [2.24, 2.45) is 7.05 Å². The first-order valence-electron chi connectivity index (χ1n) is 8.39. The second kappa shape index (κ2) is 7.43. The average Bonchev–Trinajstić information content (AvgIpc) is 2.91. The van der Waals surface area contributed by atoms with E-state index < -0.39 is 15.6 Å². The van der Waals surface area contributed by atoms with Crippen LogP contribution >= 0.6 is 0 Å². The van der Waals surface area contributed by atoms with Crippen LogP contribution in [-0.2, 0) is 17.1 Å². The van der Waals surface area contributed by atoms with Gasteiger partial charge >= 0.3 is 0 Å². The fourth-order valence-corrected chi connectivity index (χ4v) is 3.99. The molecule has 3 aromatic rings. The lowest BCUT2D eigenvalue weighted by Gasteiger charge is -2.11. The third kappa shape index (κ3) is 3.36. The van der Waals surface area contributed by atoms with Crippen molar-refractivity contribution >= 4 is 15.7 Å². The maximum Gasteiger partial charge on any atom is 0.296 e. The van der Waals surface area contributed by atoms with Crippen molar-refractivity contribution in [1.29, 1.82) is 0 Å². The molecular weight excluding hydrogens is 382 g/mol. The molecule has 1 aromatic heterocycles. The van der Waals surface area contributed by atoms with Crippen molar-refractivity contribution in [2.45, 2.75) is 11.8 Å². The van der Waals surface area contributed by atoms with Crippen LogP contribution in [0.3, 0.4) is 0 Å². The summed E-state index contributed by atoms with van der Waals surface area (Å²) in [5.74, 6) is 0.681. The molecule has 28 heavy (non-hydrogen) atoms. The Morgan fingerprint density at radius 2 is 1.61 bits per heavy atom. The van der Waals surface area contributed by atoms with Gasteiger partial charge in [0.15, 0.2) is 11.5 Å². The fourth-order valence-electron chi connectivity index (χ4n) is 2.86. The van der Waals surface area contributed by atoms with E-state index in [0.717, 1.165) is 0 Å². The Morgan fingerprint density at radius 3 is 2.21 bits per heavy atom. The van der Waals surface area contributed by atoms with Gasteiger partial charge in [0.1, 0.15) is 5.69 Å². The number of hydrogen-bond donors (Lipinski definition) is 1. The number of nitrogens with one attached hydrogen (secondary N) is 1. The zero-order valence-corrected chi connectivity index (χ0v) is 16.8. The SMILES string of the molecule is COc1ccc(S(=O)(=O)Nc2c(C)n(C)n(-c3ccccc3)c2=O)cc1OC. The highest BCUT2D eigenvalue weighted by Crippen LogP contribution is 2.30. The number of nitrogens with zero attached hydrogens (tertiary/aromatic N) is 2. The summed E-state index contributed by atoms with van der Waals surface area (Å²) >= 11 is 0. The van der Waals surface area contributed by atoms with Gasteiger partial charge in [0.05, 0.1) is 30.5 Å². The van der Waals surface area contributed by atoms with Crippen LogP contribution in [-0.4, -0.2) is 32.0 Å². The molecule has 0 saturated carbocycles. The zero-order chi connectivity index (χ0) is 20.5. The Kier molecular flexibility index (Phi) is 5.19. The lowest BCUT2D eigenvalue weighted by atomic mass is 10.3. The van der Waals surface area contributed by atoms with Crippen LogP contribution in [0, 0.1) is 6.92 Å². The van der Waals surface area contributed by atoms with Crippen LogP contribution in [0.25, 0.3) is 5.69 Å². The van der Waals surface area contributed by atoms with Gasteiger partial charge in [0.25, 0.3) is 15.6 Å². The molecular formula is C19H21N3O5S. The monoisotopic (exact) mass is 403 g/mol. The van der Waals surface area contributed by atoms with E-state index in [1.165, 1.54) is 37.1 Å². The normalized spacial score (nSPS) is 11.3. The summed E-state index contributed by atoms with van der Waals surface area (Å²) in [6.45, 7) is 1.67. The van der Waals surface area contributed by atoms with Crippen LogP contribution in [0.2, 0.25) is 0 Å². The van der Waals surface area contributed by atoms with Crippen molar-refractivity contribution < 1.29 is 17.9 Å². The van der Waals surface area contributed by atoms with E-state index in [-0.39, 0.29) is 16.3 Å². The number of methoxy groups -OCH3 is 2. The molecule has 148 valence electrons. The highest BCUT2D eigenvalue weighted by molar-refractivity contribution is 7.92. The summed E-state index contributed by atoms with van der Waals surface area (Å²) in [6.07, 6.45) is 0. The van der Waals surface area contributed by atoms with Gasteiger partial charge in [-0.15, -0.1) is 0 Å². The molecule has 1 heterocycles. The Hall–Kier alpha value is -3.20. The lowest BCUT2D eigenvalue weighted by Crippen LogP contribution is -2.23. The Labute approximate surface area is 163 Å². The topological polar surface area (TPSA) is 91.6 Å². The molecule has 0 saturated heterocycles. The first kappa shape index (κ1) is 19.6. The van der Waals surface area contributed by atoms with Gasteiger partial charge in [-0.05, 0) is 31.2 Å². The lowest BCUT2D eigenvalue weighted by molar-refractivity contribution is 0.354. The largest absolute Gasteiger partial charge is 0.493 e. The molecule has 0 spiro atoms. The van der Waals surface area contributed by atoms with E-state index in [2.05, 4.69) is 4.72 Å². The van der Waals surface area contributed by atoms with Crippen LogP contribution in [0.15, 0.2) is 58.2 Å². The molecule has 0 aliphatic heterocycles. The summed E-state index contributed by atoms with van der Waals surface area (Å²) in [5.41, 5.74) is 0.643. The predicted octanol–water partition coefficient (Wildman–Crippen LogP) is 2.30. The van der Waals surface area contributed by atoms with Gasteiger partial charge in [-0.2, -0.15) is 0 Å². The molecule has 8 nitrogen and oxygen atoms in total. The van der Waals surface area contributed by atoms with Gasteiger partial charge in [0.2, 0.25) is 0 Å². The van der Waals surface area contributed by atoms with Crippen LogP contribution in [0.5, 0.6) is 11.5 Å². The fraction of sp³-hybridized carbons (Fsp3) is 0.211. The van der Waals surface area contributed by atoms with Crippen molar-refractivity contribution in [2.75, 3.05) is 18.9 Å². The van der Waals surface area contributed by atoms with Gasteiger partial charge in [0, 0.05) is 13.1 Å². The highest BCUT2D eigenvalue weighted by atomic mass is 32.2. The number of benzene rings is 2. The molecule has 0 radical (unpaired) electrons. The summed E-state index contributed by atoms with van der Waals surface area (Å²) in [7, 11) is 0.559. The van der Waals surface area contributed by atoms with E-state index in [1.807, 2.05) is 6.07 Å². The summed E-state index contributed by atoms with van der Waals surface area (Å²) in [6, 6.07) is 13.2. The van der Waals surface area contributed by atoms with Crippen molar-refractivity contribution in [3.8, 4) is 17.2 Å². The van der Waals surface area contributed by atoms with E-state index in [0.29, 0.717) is 17.1 Å². The third-order valence-corrected chi connectivity index (χ3v) is 5.80. The maximum absolute atomic E-state index is 12.9. The first-order chi connectivity index (χ1) is 13.3. The molecule has 9 heteroatoms. The molecule has 3 rings (SSSR count). The number of rotatable bonds is 6. The van der Waals surface area contributed by atoms with Crippen LogP contribution < -0.4 is 19.8 Å². The highest BCUT2D eigenvalue weighted by Gasteiger charge is 2.23. The predicted molar refractivity (Wildman–Crippen MR) is 106 cm³/mol. The summed E-state index contributed by atoms with van der Waals surface area (Å²) < 4.78 is 41.4. The molecule has 1 N–H and O–H groups in total. The van der Waals surface area contributed by atoms with Crippen molar-refractivity contribution in [1.82, 2.24) is 9.36 Å². The summed E-state index contributed by atoms with van der Waals surface area (Å²) in [4.78, 5) is 12.9. The van der Waals surface area contributed by atoms with Crippen LogP contribution in [0.4, 0.5) is 5.69 Å². The quantitative estimate of drug-likeness (QED) is 0.682. The molecule has 0 amide bonds. The van der Waals surface area contributed by atoms with Crippen molar-refractivity contribution in [3.63, 3.8) is 0 Å². The van der Waals surface area contributed by atoms with E-state index in [4.69, 9.17) is 9.47 Å². The van der Waals surface area contributed by atoms with Crippen molar-refractivity contribution in [3.05, 3.63) is 64.6 Å². The average molecular weight is 403 g/mol. The molecule has 0 fully saturated rings. The van der Waals surface area contributed by atoms with Gasteiger partial charge in [-0.25, -0.2) is 13.1 Å². The van der Waals surface area contributed by atoms with Gasteiger partial charge in [-0.3, -0.25) is 14.2 Å². The Balaban J connectivity index is 2.06. The van der Waals surface area contributed by atoms with Gasteiger partial charge in [-0.1, -0.05) is 18.2 Å². The number of ether oxygens (including phenoxy) is 2. The minimum Gasteiger partial charge on any atom is -0.493 e. The standard InChI is InChI=1S/C19H21N3O5S/c1-13-18(19(23)22(21(13)2)14-8-6-5-7-9-14)20-28(24,25)15-10-11-16(26-3)17(12-15)27-4/h5-12,20H,1-4H3. The number of para-hydroxylation sites is 1. The third-order valence-electron chi connectivity index (χ3n) is 4.46. The molecule has 2 aromatic carbocycles. The van der Waals surface area contributed by atoms with E-state index >= 15 is 0 Å². The Bertz CT molecular complexity index is 1160. The summed E-state index contributed by atoms with van der Waals surface area (Å²) in [5, 5.41) is 0. The van der Waals surface area contributed by atoms with Crippen LogP contribution in [0.1, 0.15) is 5.69 Å². The maximum atomic E-state index is 12.9. The molecule has 0 aliphatic carbocycles. The number of sulfonamides is 1. The number of aromatic nitrogens is 2. The minimum absolute atomic E-state index is 0.0128. The molecule has 0 aliphatic rings. The molecule has 0 atom stereocenters. The number of hydrogen-bond acceptors (Lipinski definition) is 5.